The highest BCUT2D eigenvalue weighted by Crippen LogP contribution is 2.34. The Morgan fingerprint density at radius 3 is 2.75 bits per heavy atom. The molecule has 0 atom stereocenters. The van der Waals surface area contributed by atoms with Crippen LogP contribution in [-0.2, 0) is 0 Å². The van der Waals surface area contributed by atoms with E-state index in [1.165, 1.54) is 30.6 Å². The lowest BCUT2D eigenvalue weighted by Gasteiger charge is -2.32. The van der Waals surface area contributed by atoms with Gasteiger partial charge in [0.2, 0.25) is 0 Å². The van der Waals surface area contributed by atoms with Crippen molar-refractivity contribution in [3.05, 3.63) is 10.9 Å². The summed E-state index contributed by atoms with van der Waals surface area (Å²) in [4.78, 5) is 15.0. The maximum absolute atomic E-state index is 12.0. The highest BCUT2D eigenvalue weighted by atomic mass is 32.1. The van der Waals surface area contributed by atoms with E-state index in [1.807, 2.05) is 13.0 Å². The third kappa shape index (κ3) is 3.45. The molecule has 1 aliphatic rings. The van der Waals surface area contributed by atoms with Gasteiger partial charge in [-0.15, -0.1) is 11.3 Å². The monoisotopic (exact) mass is 295 g/mol. The van der Waals surface area contributed by atoms with E-state index in [-0.39, 0.29) is 5.91 Å². The molecule has 0 aliphatic carbocycles. The molecule has 1 aromatic heterocycles. The standard InChI is InChI=1S/C15H25N3OS/c1-3-7-17-15(19)14-12(16)10-13(20-14)18-8-5-11(4-2)6-9-18/h10-11H,3-9,16H2,1-2H3,(H,17,19). The highest BCUT2D eigenvalue weighted by molar-refractivity contribution is 7.18. The van der Waals surface area contributed by atoms with Crippen LogP contribution in [0.5, 0.6) is 0 Å². The molecule has 1 aliphatic heterocycles. The predicted octanol–water partition coefficient (Wildman–Crippen LogP) is 3.10. The molecule has 1 amide bonds. The summed E-state index contributed by atoms with van der Waals surface area (Å²) in [6, 6.07) is 1.96. The molecule has 1 saturated heterocycles. The summed E-state index contributed by atoms with van der Waals surface area (Å²) >= 11 is 1.52. The van der Waals surface area contributed by atoms with Crippen molar-refractivity contribution in [1.82, 2.24) is 5.32 Å². The number of carbonyl (C=O) groups is 1. The zero-order valence-corrected chi connectivity index (χ0v) is 13.3. The van der Waals surface area contributed by atoms with Crippen LogP contribution >= 0.6 is 11.3 Å². The van der Waals surface area contributed by atoms with Gasteiger partial charge in [-0.1, -0.05) is 20.3 Å². The van der Waals surface area contributed by atoms with Gasteiger partial charge >= 0.3 is 0 Å². The van der Waals surface area contributed by atoms with Gasteiger partial charge in [0.15, 0.2) is 0 Å². The molecule has 0 aromatic carbocycles. The lowest BCUT2D eigenvalue weighted by atomic mass is 9.95. The smallest absolute Gasteiger partial charge is 0.263 e. The minimum absolute atomic E-state index is 0.0379. The molecular weight excluding hydrogens is 270 g/mol. The summed E-state index contributed by atoms with van der Waals surface area (Å²) in [6.45, 7) is 7.16. The molecule has 5 heteroatoms. The van der Waals surface area contributed by atoms with Crippen LogP contribution in [-0.4, -0.2) is 25.5 Å². The number of rotatable bonds is 5. The second-order valence-electron chi connectivity index (χ2n) is 5.46. The van der Waals surface area contributed by atoms with Gasteiger partial charge in [0, 0.05) is 19.6 Å². The molecule has 0 unspecified atom stereocenters. The van der Waals surface area contributed by atoms with Gasteiger partial charge in [-0.25, -0.2) is 0 Å². The van der Waals surface area contributed by atoms with Gasteiger partial charge < -0.3 is 16.0 Å². The summed E-state index contributed by atoms with van der Waals surface area (Å²) in [6.07, 6.45) is 4.69. The highest BCUT2D eigenvalue weighted by Gasteiger charge is 2.22. The van der Waals surface area contributed by atoms with Crippen molar-refractivity contribution >= 4 is 27.9 Å². The average molecular weight is 295 g/mol. The SMILES string of the molecule is CCCNC(=O)c1sc(N2CCC(CC)CC2)cc1N. The van der Waals surface area contributed by atoms with Crippen LogP contribution in [0.15, 0.2) is 6.07 Å². The van der Waals surface area contributed by atoms with Crippen LogP contribution in [0.4, 0.5) is 10.7 Å². The van der Waals surface area contributed by atoms with E-state index in [2.05, 4.69) is 17.1 Å². The van der Waals surface area contributed by atoms with Crippen LogP contribution in [0.3, 0.4) is 0 Å². The minimum atomic E-state index is -0.0379. The van der Waals surface area contributed by atoms with Crippen molar-refractivity contribution in [3.63, 3.8) is 0 Å². The molecule has 0 bridgehead atoms. The van der Waals surface area contributed by atoms with Gasteiger partial charge in [0.05, 0.1) is 10.7 Å². The fraction of sp³-hybridized carbons (Fsp3) is 0.667. The van der Waals surface area contributed by atoms with Crippen molar-refractivity contribution < 1.29 is 4.79 Å². The third-order valence-corrected chi connectivity index (χ3v) is 5.20. The summed E-state index contributed by atoms with van der Waals surface area (Å²) in [7, 11) is 0. The van der Waals surface area contributed by atoms with E-state index in [0.29, 0.717) is 17.1 Å². The molecule has 0 saturated carbocycles. The number of hydrogen-bond acceptors (Lipinski definition) is 4. The van der Waals surface area contributed by atoms with Crippen LogP contribution in [0, 0.1) is 5.92 Å². The summed E-state index contributed by atoms with van der Waals surface area (Å²) in [5.41, 5.74) is 6.60. The normalized spacial score (nSPS) is 16.4. The Balaban J connectivity index is 2.02. The molecule has 4 nitrogen and oxygen atoms in total. The first kappa shape index (κ1) is 15.2. The summed E-state index contributed by atoms with van der Waals surface area (Å²) < 4.78 is 0. The second-order valence-corrected chi connectivity index (χ2v) is 6.49. The largest absolute Gasteiger partial charge is 0.397 e. The Morgan fingerprint density at radius 2 is 2.15 bits per heavy atom. The molecular formula is C15H25N3OS. The average Bonchev–Trinajstić information content (AvgIpc) is 2.87. The van der Waals surface area contributed by atoms with Gasteiger partial charge in [0.1, 0.15) is 4.88 Å². The van der Waals surface area contributed by atoms with Crippen molar-refractivity contribution in [2.45, 2.75) is 39.5 Å². The first-order valence-electron chi connectivity index (χ1n) is 7.58. The lowest BCUT2D eigenvalue weighted by molar-refractivity contribution is 0.0958. The Labute approximate surface area is 125 Å². The van der Waals surface area contributed by atoms with Gasteiger partial charge in [-0.05, 0) is 31.2 Å². The fourth-order valence-corrected chi connectivity index (χ4v) is 3.65. The van der Waals surface area contributed by atoms with Gasteiger partial charge in [0.25, 0.3) is 5.91 Å². The molecule has 2 heterocycles. The van der Waals surface area contributed by atoms with E-state index in [4.69, 9.17) is 5.73 Å². The number of nitrogens with zero attached hydrogens (tertiary/aromatic N) is 1. The number of thiophene rings is 1. The number of nitrogens with two attached hydrogens (primary N) is 1. The maximum Gasteiger partial charge on any atom is 0.263 e. The Morgan fingerprint density at radius 1 is 1.45 bits per heavy atom. The molecule has 2 rings (SSSR count). The molecule has 0 spiro atoms. The van der Waals surface area contributed by atoms with Gasteiger partial charge in [-0.2, -0.15) is 0 Å². The summed E-state index contributed by atoms with van der Waals surface area (Å²) in [5, 5.41) is 4.03. The van der Waals surface area contributed by atoms with Crippen molar-refractivity contribution in [3.8, 4) is 0 Å². The number of anilines is 2. The quantitative estimate of drug-likeness (QED) is 0.877. The predicted molar refractivity (Wildman–Crippen MR) is 86.6 cm³/mol. The van der Waals surface area contributed by atoms with Crippen LogP contribution in [0.2, 0.25) is 0 Å². The summed E-state index contributed by atoms with van der Waals surface area (Å²) in [5.74, 6) is 0.819. The van der Waals surface area contributed by atoms with Crippen molar-refractivity contribution in [2.24, 2.45) is 5.92 Å². The minimum Gasteiger partial charge on any atom is -0.397 e. The number of hydrogen-bond donors (Lipinski definition) is 2. The van der Waals surface area contributed by atoms with Crippen molar-refractivity contribution in [1.29, 1.82) is 0 Å². The van der Waals surface area contributed by atoms with Crippen LogP contribution in [0.25, 0.3) is 0 Å². The lowest BCUT2D eigenvalue weighted by Crippen LogP contribution is -2.32. The molecule has 1 fully saturated rings. The second kappa shape index (κ2) is 6.97. The van der Waals surface area contributed by atoms with Crippen LogP contribution in [0.1, 0.15) is 49.2 Å². The van der Waals surface area contributed by atoms with E-state index in [1.54, 1.807) is 0 Å². The molecule has 1 aromatic rings. The first-order valence-corrected chi connectivity index (χ1v) is 8.39. The zero-order valence-electron chi connectivity index (χ0n) is 12.4. The van der Waals surface area contributed by atoms with E-state index in [0.717, 1.165) is 30.4 Å². The fourth-order valence-electron chi connectivity index (χ4n) is 2.61. The number of carbonyl (C=O) groups excluding carboxylic acids is 1. The number of nitrogens with one attached hydrogen (secondary N) is 1. The van der Waals surface area contributed by atoms with Gasteiger partial charge in [-0.3, -0.25) is 4.79 Å². The van der Waals surface area contributed by atoms with Crippen LogP contribution < -0.4 is 16.0 Å². The number of nitrogen functional groups attached to an aromatic ring is 1. The third-order valence-electron chi connectivity index (χ3n) is 3.99. The van der Waals surface area contributed by atoms with E-state index >= 15 is 0 Å². The Bertz CT molecular complexity index is 450. The molecule has 20 heavy (non-hydrogen) atoms. The topological polar surface area (TPSA) is 58.4 Å². The molecule has 3 N–H and O–H groups in total. The molecule has 112 valence electrons. The Hall–Kier alpha value is -1.23. The zero-order chi connectivity index (χ0) is 14.5. The number of amides is 1. The number of piperidine rings is 1. The van der Waals surface area contributed by atoms with Crippen molar-refractivity contribution in [2.75, 3.05) is 30.3 Å². The first-order chi connectivity index (χ1) is 9.65. The van der Waals surface area contributed by atoms with E-state index < -0.39 is 0 Å². The van der Waals surface area contributed by atoms with E-state index in [9.17, 15) is 4.79 Å². The molecule has 0 radical (unpaired) electrons. The maximum atomic E-state index is 12.0. The Kier molecular flexibility index (Phi) is 5.29.